The average Bonchev–Trinajstić information content (AvgIpc) is 2.29. The number of carbonyl (C=O) groups excluding carboxylic acids is 1. The van der Waals surface area contributed by atoms with Crippen LogP contribution in [0, 0.1) is 12.3 Å². The van der Waals surface area contributed by atoms with Crippen LogP contribution in [-0.4, -0.2) is 19.1 Å². The number of esters is 1. The molecule has 0 atom stereocenters. The van der Waals surface area contributed by atoms with Crippen LogP contribution in [0.15, 0.2) is 24.3 Å². The van der Waals surface area contributed by atoms with Crippen molar-refractivity contribution in [2.75, 3.05) is 13.2 Å². The minimum Gasteiger partial charge on any atom is -0.464 e. The van der Waals surface area contributed by atoms with Crippen molar-refractivity contribution in [3.63, 3.8) is 0 Å². The first-order valence-corrected chi connectivity index (χ1v) is 6.33. The summed E-state index contributed by atoms with van der Waals surface area (Å²) in [5.74, 6) is -0.153. The average molecular weight is 249 g/mol. The summed E-state index contributed by atoms with van der Waals surface area (Å²) in [4.78, 5) is 11.5. The molecule has 0 saturated carbocycles. The summed E-state index contributed by atoms with van der Waals surface area (Å²) in [7, 11) is 0. The zero-order chi connectivity index (χ0) is 13.6. The van der Waals surface area contributed by atoms with Gasteiger partial charge in [0.25, 0.3) is 0 Å². The van der Waals surface area contributed by atoms with Gasteiger partial charge in [0.15, 0.2) is 0 Å². The van der Waals surface area contributed by atoms with Crippen LogP contribution in [0.3, 0.4) is 0 Å². The van der Waals surface area contributed by atoms with Crippen LogP contribution < -0.4 is 5.32 Å². The molecule has 0 aromatic heterocycles. The van der Waals surface area contributed by atoms with Gasteiger partial charge in [0, 0.05) is 13.1 Å². The van der Waals surface area contributed by atoms with Gasteiger partial charge in [0.2, 0.25) is 0 Å². The van der Waals surface area contributed by atoms with Gasteiger partial charge in [-0.3, -0.25) is 4.79 Å². The first-order chi connectivity index (χ1) is 8.39. The smallest absolute Gasteiger partial charge is 0.311 e. The molecule has 0 spiro atoms. The number of rotatable bonds is 5. The SMILES string of the molecule is Cc1ccc(CNCCOC(=O)C(C)(C)C)cc1. The van der Waals surface area contributed by atoms with Gasteiger partial charge in [-0.1, -0.05) is 29.8 Å². The molecule has 0 fully saturated rings. The van der Waals surface area contributed by atoms with E-state index in [1.54, 1.807) is 0 Å². The van der Waals surface area contributed by atoms with Crippen molar-refractivity contribution in [3.05, 3.63) is 35.4 Å². The molecule has 0 aliphatic carbocycles. The monoisotopic (exact) mass is 249 g/mol. The fourth-order valence-electron chi connectivity index (χ4n) is 1.37. The number of benzene rings is 1. The lowest BCUT2D eigenvalue weighted by Crippen LogP contribution is -2.27. The molecule has 0 amide bonds. The molecule has 0 bridgehead atoms. The molecular formula is C15H23NO2. The highest BCUT2D eigenvalue weighted by Gasteiger charge is 2.22. The van der Waals surface area contributed by atoms with Crippen LogP contribution in [-0.2, 0) is 16.1 Å². The molecular weight excluding hydrogens is 226 g/mol. The van der Waals surface area contributed by atoms with Gasteiger partial charge in [0.1, 0.15) is 6.61 Å². The van der Waals surface area contributed by atoms with Gasteiger partial charge in [0.05, 0.1) is 5.41 Å². The number of hydrogen-bond donors (Lipinski definition) is 1. The molecule has 0 saturated heterocycles. The van der Waals surface area contributed by atoms with E-state index in [2.05, 4.69) is 36.5 Å². The standard InChI is InChI=1S/C15H23NO2/c1-12-5-7-13(8-6-12)11-16-9-10-18-14(17)15(2,3)4/h5-8,16H,9-11H2,1-4H3. The fraction of sp³-hybridized carbons (Fsp3) is 0.533. The molecule has 18 heavy (non-hydrogen) atoms. The largest absolute Gasteiger partial charge is 0.464 e. The topological polar surface area (TPSA) is 38.3 Å². The van der Waals surface area contributed by atoms with E-state index in [4.69, 9.17) is 4.74 Å². The van der Waals surface area contributed by atoms with Crippen molar-refractivity contribution in [1.82, 2.24) is 5.32 Å². The van der Waals surface area contributed by atoms with Gasteiger partial charge < -0.3 is 10.1 Å². The molecule has 1 aromatic carbocycles. The number of ether oxygens (including phenoxy) is 1. The number of hydrogen-bond acceptors (Lipinski definition) is 3. The van der Waals surface area contributed by atoms with E-state index in [9.17, 15) is 4.79 Å². The molecule has 0 unspecified atom stereocenters. The summed E-state index contributed by atoms with van der Waals surface area (Å²) in [5, 5.41) is 3.25. The van der Waals surface area contributed by atoms with E-state index in [1.165, 1.54) is 11.1 Å². The summed E-state index contributed by atoms with van der Waals surface area (Å²) in [6, 6.07) is 8.39. The highest BCUT2D eigenvalue weighted by atomic mass is 16.5. The third kappa shape index (κ3) is 5.32. The highest BCUT2D eigenvalue weighted by Crippen LogP contribution is 2.14. The molecule has 3 heteroatoms. The predicted molar refractivity (Wildman–Crippen MR) is 73.3 cm³/mol. The lowest BCUT2D eigenvalue weighted by atomic mass is 9.97. The molecule has 0 aliphatic heterocycles. The Hall–Kier alpha value is -1.35. The second-order valence-electron chi connectivity index (χ2n) is 5.55. The van der Waals surface area contributed by atoms with E-state index < -0.39 is 5.41 Å². The van der Waals surface area contributed by atoms with Crippen molar-refractivity contribution in [2.24, 2.45) is 5.41 Å². The van der Waals surface area contributed by atoms with E-state index >= 15 is 0 Å². The summed E-state index contributed by atoms with van der Waals surface area (Å²) < 4.78 is 5.16. The van der Waals surface area contributed by atoms with Crippen LogP contribution in [0.25, 0.3) is 0 Å². The van der Waals surface area contributed by atoms with Crippen molar-refractivity contribution < 1.29 is 9.53 Å². The Bertz CT molecular complexity index is 376. The lowest BCUT2D eigenvalue weighted by Gasteiger charge is -2.16. The van der Waals surface area contributed by atoms with Gasteiger partial charge in [-0.25, -0.2) is 0 Å². The van der Waals surface area contributed by atoms with Gasteiger partial charge >= 0.3 is 5.97 Å². The lowest BCUT2D eigenvalue weighted by molar-refractivity contribution is -0.152. The molecule has 100 valence electrons. The van der Waals surface area contributed by atoms with Gasteiger partial charge in [-0.2, -0.15) is 0 Å². The molecule has 1 aromatic rings. The maximum Gasteiger partial charge on any atom is 0.311 e. The second kappa shape index (κ2) is 6.55. The minimum atomic E-state index is -0.420. The molecule has 0 aliphatic rings. The number of carbonyl (C=O) groups is 1. The Morgan fingerprint density at radius 1 is 1.22 bits per heavy atom. The summed E-state index contributed by atoms with van der Waals surface area (Å²) >= 11 is 0. The molecule has 1 N–H and O–H groups in total. The quantitative estimate of drug-likeness (QED) is 0.644. The Balaban J connectivity index is 2.16. The van der Waals surface area contributed by atoms with E-state index in [-0.39, 0.29) is 5.97 Å². The minimum absolute atomic E-state index is 0.153. The number of nitrogens with one attached hydrogen (secondary N) is 1. The zero-order valence-electron chi connectivity index (χ0n) is 11.7. The Morgan fingerprint density at radius 2 is 1.83 bits per heavy atom. The maximum absolute atomic E-state index is 11.5. The van der Waals surface area contributed by atoms with Crippen molar-refractivity contribution in [3.8, 4) is 0 Å². The van der Waals surface area contributed by atoms with Crippen LogP contribution >= 0.6 is 0 Å². The third-order valence-corrected chi connectivity index (χ3v) is 2.57. The first-order valence-electron chi connectivity index (χ1n) is 6.33. The first kappa shape index (κ1) is 14.7. The zero-order valence-corrected chi connectivity index (χ0v) is 11.7. The van der Waals surface area contributed by atoms with Crippen LogP contribution in [0.5, 0.6) is 0 Å². The van der Waals surface area contributed by atoms with E-state index in [1.807, 2.05) is 20.8 Å². The van der Waals surface area contributed by atoms with E-state index in [0.717, 1.165) is 6.54 Å². The van der Waals surface area contributed by atoms with Gasteiger partial charge in [-0.15, -0.1) is 0 Å². The third-order valence-electron chi connectivity index (χ3n) is 2.57. The van der Waals surface area contributed by atoms with Crippen LogP contribution in [0.1, 0.15) is 31.9 Å². The van der Waals surface area contributed by atoms with Crippen molar-refractivity contribution >= 4 is 5.97 Å². The van der Waals surface area contributed by atoms with Crippen LogP contribution in [0.4, 0.5) is 0 Å². The Labute approximate surface area is 110 Å². The number of aryl methyl sites for hydroxylation is 1. The maximum atomic E-state index is 11.5. The van der Waals surface area contributed by atoms with E-state index in [0.29, 0.717) is 13.2 Å². The molecule has 1 rings (SSSR count). The molecule has 0 radical (unpaired) electrons. The van der Waals surface area contributed by atoms with Gasteiger partial charge in [-0.05, 0) is 33.3 Å². The normalized spacial score (nSPS) is 11.3. The summed E-state index contributed by atoms with van der Waals surface area (Å²) in [5.41, 5.74) is 2.08. The Kier molecular flexibility index (Phi) is 5.35. The summed E-state index contributed by atoms with van der Waals surface area (Å²) in [6.07, 6.45) is 0. The van der Waals surface area contributed by atoms with Crippen molar-refractivity contribution in [2.45, 2.75) is 34.2 Å². The molecule has 0 heterocycles. The molecule has 3 nitrogen and oxygen atoms in total. The van der Waals surface area contributed by atoms with Crippen molar-refractivity contribution in [1.29, 1.82) is 0 Å². The Morgan fingerprint density at radius 3 is 2.39 bits per heavy atom. The predicted octanol–water partition coefficient (Wildman–Crippen LogP) is 2.67. The highest BCUT2D eigenvalue weighted by molar-refractivity contribution is 5.75. The van der Waals surface area contributed by atoms with Crippen LogP contribution in [0.2, 0.25) is 0 Å². The second-order valence-corrected chi connectivity index (χ2v) is 5.55. The fourth-order valence-corrected chi connectivity index (χ4v) is 1.37. The summed E-state index contributed by atoms with van der Waals surface area (Å²) in [6.45, 7) is 9.54.